The van der Waals surface area contributed by atoms with Gasteiger partial charge in [-0.05, 0) is 12.8 Å². The highest BCUT2D eigenvalue weighted by molar-refractivity contribution is 5.43. The zero-order valence-electron chi connectivity index (χ0n) is 7.86. The topological polar surface area (TPSA) is 25.8 Å². The number of allylic oxidation sites excluding steroid dienone is 2. The number of rotatable bonds is 0. The van der Waals surface area contributed by atoms with E-state index in [1.54, 1.807) is 0 Å². The largest absolute Gasteiger partial charge is 0.241 e. The molecule has 1 aliphatic carbocycles. The van der Waals surface area contributed by atoms with Crippen LogP contribution in [0.1, 0.15) is 12.7 Å². The van der Waals surface area contributed by atoms with Crippen molar-refractivity contribution in [2.45, 2.75) is 13.8 Å². The smallest absolute Gasteiger partial charge is 0.125 e. The maximum atomic E-state index is 4.39. The lowest BCUT2D eigenvalue weighted by molar-refractivity contribution is 0.962. The minimum atomic E-state index is 0.451. The highest BCUT2D eigenvalue weighted by Gasteiger charge is 1.96. The quantitative estimate of drug-likeness (QED) is 0.571. The van der Waals surface area contributed by atoms with E-state index in [4.69, 9.17) is 0 Å². The average Bonchev–Trinajstić information content (AvgIpc) is 2.25. The van der Waals surface area contributed by atoms with Crippen LogP contribution in [-0.4, -0.2) is 9.97 Å². The molecular weight excluding hydrogens is 160 g/mol. The van der Waals surface area contributed by atoms with E-state index in [1.807, 2.05) is 13.1 Å². The van der Waals surface area contributed by atoms with Crippen molar-refractivity contribution >= 4 is 12.2 Å². The van der Waals surface area contributed by atoms with Gasteiger partial charge in [0.2, 0.25) is 0 Å². The van der Waals surface area contributed by atoms with Crippen molar-refractivity contribution < 1.29 is 0 Å². The molecule has 0 bridgehead atoms. The van der Waals surface area contributed by atoms with Crippen LogP contribution in [0, 0.1) is 12.8 Å². The van der Waals surface area contributed by atoms with Gasteiger partial charge in [0.15, 0.2) is 0 Å². The van der Waals surface area contributed by atoms with Crippen molar-refractivity contribution in [1.29, 1.82) is 0 Å². The monoisotopic (exact) mass is 172 g/mol. The van der Waals surface area contributed by atoms with E-state index < -0.39 is 0 Å². The van der Waals surface area contributed by atoms with E-state index in [2.05, 4.69) is 41.2 Å². The molecule has 1 aromatic heterocycles. The number of hydrogen-bond acceptors (Lipinski definition) is 2. The third-order valence-corrected chi connectivity index (χ3v) is 2.08. The summed E-state index contributed by atoms with van der Waals surface area (Å²) < 4.78 is 0. The third-order valence-electron chi connectivity index (χ3n) is 2.08. The molecule has 0 amide bonds. The Morgan fingerprint density at radius 2 is 2.23 bits per heavy atom. The highest BCUT2D eigenvalue weighted by Crippen LogP contribution is 1.99. The minimum absolute atomic E-state index is 0.451. The van der Waals surface area contributed by atoms with Crippen LogP contribution in [0.3, 0.4) is 0 Å². The molecule has 1 aromatic rings. The molecule has 0 saturated heterocycles. The Kier molecular flexibility index (Phi) is 1.97. The van der Waals surface area contributed by atoms with E-state index in [-0.39, 0.29) is 0 Å². The molecule has 0 aromatic carbocycles. The normalized spacial score (nSPS) is 19.7. The Hall–Kier alpha value is -1.44. The van der Waals surface area contributed by atoms with Gasteiger partial charge in [-0.25, -0.2) is 9.97 Å². The first-order valence-corrected chi connectivity index (χ1v) is 4.46. The summed E-state index contributed by atoms with van der Waals surface area (Å²) in [4.78, 5) is 8.55. The number of aromatic nitrogens is 2. The van der Waals surface area contributed by atoms with Gasteiger partial charge in [-0.3, -0.25) is 0 Å². The summed E-state index contributed by atoms with van der Waals surface area (Å²) in [6.07, 6.45) is 10.3. The van der Waals surface area contributed by atoms with Gasteiger partial charge in [0.1, 0.15) is 5.82 Å². The first kappa shape index (κ1) is 8.17. The van der Waals surface area contributed by atoms with Crippen molar-refractivity contribution in [2.75, 3.05) is 0 Å². The van der Waals surface area contributed by atoms with Crippen LogP contribution < -0.4 is 10.6 Å². The highest BCUT2D eigenvalue weighted by atomic mass is 14.8. The van der Waals surface area contributed by atoms with Gasteiger partial charge in [0.25, 0.3) is 0 Å². The molecule has 66 valence electrons. The second kappa shape index (κ2) is 3.13. The van der Waals surface area contributed by atoms with Crippen LogP contribution in [0.4, 0.5) is 0 Å². The Labute approximate surface area is 77.4 Å². The molecule has 1 atom stereocenters. The Bertz CT molecular complexity index is 457. The van der Waals surface area contributed by atoms with Crippen LogP contribution in [0.5, 0.6) is 0 Å². The minimum Gasteiger partial charge on any atom is -0.241 e. The fourth-order valence-corrected chi connectivity index (χ4v) is 1.40. The molecule has 0 saturated carbocycles. The van der Waals surface area contributed by atoms with Crippen LogP contribution in [0.2, 0.25) is 0 Å². The second-order valence-corrected chi connectivity index (χ2v) is 3.34. The van der Waals surface area contributed by atoms with Gasteiger partial charge in [-0.2, -0.15) is 0 Å². The van der Waals surface area contributed by atoms with E-state index in [9.17, 15) is 0 Å². The predicted molar refractivity (Wildman–Crippen MR) is 53.3 cm³/mol. The standard InChI is InChI=1S/C11H12N2/c1-8-4-3-5-10-7-12-9(2)13-11(10)6-8/h3-8H,1-2H3. The molecule has 0 fully saturated rings. The van der Waals surface area contributed by atoms with E-state index in [0.29, 0.717) is 5.92 Å². The average molecular weight is 172 g/mol. The SMILES string of the molecule is Cc1ncc2c(n1)=CC(C)C=CC=2. The molecule has 2 rings (SSSR count). The number of nitrogens with zero attached hydrogens (tertiary/aromatic N) is 2. The second-order valence-electron chi connectivity index (χ2n) is 3.34. The number of hydrogen-bond donors (Lipinski definition) is 0. The first-order valence-electron chi connectivity index (χ1n) is 4.46. The maximum absolute atomic E-state index is 4.39. The summed E-state index contributed by atoms with van der Waals surface area (Å²) in [6.45, 7) is 4.06. The summed E-state index contributed by atoms with van der Waals surface area (Å²) in [5.41, 5.74) is 0. The van der Waals surface area contributed by atoms with E-state index >= 15 is 0 Å². The molecule has 2 nitrogen and oxygen atoms in total. The van der Waals surface area contributed by atoms with Crippen LogP contribution in [-0.2, 0) is 0 Å². The van der Waals surface area contributed by atoms with E-state index in [1.165, 1.54) is 0 Å². The Balaban J connectivity index is 2.75. The van der Waals surface area contributed by atoms with Crippen molar-refractivity contribution in [3.63, 3.8) is 0 Å². The number of aryl methyl sites for hydroxylation is 1. The predicted octanol–water partition coefficient (Wildman–Crippen LogP) is 0.552. The summed E-state index contributed by atoms with van der Waals surface area (Å²) in [5.74, 6) is 1.28. The Morgan fingerprint density at radius 1 is 1.38 bits per heavy atom. The van der Waals surface area contributed by atoms with Crippen LogP contribution >= 0.6 is 0 Å². The van der Waals surface area contributed by atoms with Crippen LogP contribution in [0.15, 0.2) is 18.3 Å². The summed E-state index contributed by atoms with van der Waals surface area (Å²) >= 11 is 0. The van der Waals surface area contributed by atoms with Gasteiger partial charge in [-0.1, -0.05) is 31.2 Å². The fourth-order valence-electron chi connectivity index (χ4n) is 1.40. The van der Waals surface area contributed by atoms with Gasteiger partial charge < -0.3 is 0 Å². The van der Waals surface area contributed by atoms with Gasteiger partial charge in [0.05, 0.1) is 5.35 Å². The molecule has 0 spiro atoms. The lowest BCUT2D eigenvalue weighted by Gasteiger charge is -1.94. The van der Waals surface area contributed by atoms with E-state index in [0.717, 1.165) is 16.4 Å². The van der Waals surface area contributed by atoms with Crippen molar-refractivity contribution in [3.05, 3.63) is 34.7 Å². The lowest BCUT2D eigenvalue weighted by Crippen LogP contribution is -2.29. The first-order chi connectivity index (χ1) is 6.25. The molecule has 0 aliphatic heterocycles. The summed E-state index contributed by atoms with van der Waals surface area (Å²) in [5, 5.41) is 2.15. The van der Waals surface area contributed by atoms with Gasteiger partial charge in [-0.15, -0.1) is 0 Å². The van der Waals surface area contributed by atoms with Gasteiger partial charge in [0, 0.05) is 11.4 Å². The third kappa shape index (κ3) is 1.66. The number of fused-ring (bicyclic) bond motifs is 1. The zero-order chi connectivity index (χ0) is 9.26. The molecule has 1 heterocycles. The molecule has 0 radical (unpaired) electrons. The fraction of sp³-hybridized carbons (Fsp3) is 0.273. The molecule has 1 aliphatic rings. The van der Waals surface area contributed by atoms with Crippen LogP contribution in [0.25, 0.3) is 12.2 Å². The summed E-state index contributed by atoms with van der Waals surface area (Å²) in [7, 11) is 0. The molecule has 1 unspecified atom stereocenters. The molecule has 2 heteroatoms. The maximum Gasteiger partial charge on any atom is 0.125 e. The van der Waals surface area contributed by atoms with Crippen molar-refractivity contribution in [1.82, 2.24) is 9.97 Å². The van der Waals surface area contributed by atoms with Crippen molar-refractivity contribution in [3.8, 4) is 0 Å². The lowest BCUT2D eigenvalue weighted by atomic mass is 10.1. The molecule has 13 heavy (non-hydrogen) atoms. The summed E-state index contributed by atoms with van der Waals surface area (Å²) in [6, 6.07) is 0. The van der Waals surface area contributed by atoms with Crippen molar-refractivity contribution in [2.24, 2.45) is 5.92 Å². The Morgan fingerprint density at radius 3 is 3.08 bits per heavy atom. The molecule has 0 N–H and O–H groups in total. The van der Waals surface area contributed by atoms with Gasteiger partial charge >= 0.3 is 0 Å². The molecular formula is C11H12N2. The zero-order valence-corrected chi connectivity index (χ0v) is 7.86.